The summed E-state index contributed by atoms with van der Waals surface area (Å²) in [6, 6.07) is 21.1. The first-order valence-electron chi connectivity index (χ1n) is 9.11. The van der Waals surface area contributed by atoms with Crippen LogP contribution in [0.15, 0.2) is 75.9 Å². The molecule has 0 bridgehead atoms. The second-order valence-corrected chi connectivity index (χ2v) is 6.79. The van der Waals surface area contributed by atoms with Gasteiger partial charge in [-0.2, -0.15) is 0 Å². The van der Waals surface area contributed by atoms with Gasteiger partial charge in [0, 0.05) is 17.4 Å². The number of aryl methyl sites for hydroxylation is 2. The van der Waals surface area contributed by atoms with Crippen LogP contribution in [0.5, 0.6) is 5.75 Å². The fourth-order valence-electron chi connectivity index (χ4n) is 3.28. The summed E-state index contributed by atoms with van der Waals surface area (Å²) in [4.78, 5) is 13.1. The molecule has 1 heterocycles. The second kappa shape index (κ2) is 7.24. The Hall–Kier alpha value is -3.53. The van der Waals surface area contributed by atoms with E-state index >= 15 is 0 Å². The average Bonchev–Trinajstić information content (AvgIpc) is 2.70. The maximum Gasteiger partial charge on any atom is 0.200 e. The molecule has 0 saturated carbocycles. The van der Waals surface area contributed by atoms with Gasteiger partial charge in [-0.25, -0.2) is 0 Å². The van der Waals surface area contributed by atoms with Crippen LogP contribution < -0.4 is 15.5 Å². The zero-order chi connectivity index (χ0) is 19.7. The number of nitrogens with one attached hydrogen (secondary N) is 1. The van der Waals surface area contributed by atoms with Gasteiger partial charge in [-0.15, -0.1) is 0 Å². The minimum Gasteiger partial charge on any atom is -0.497 e. The molecule has 0 spiro atoms. The van der Waals surface area contributed by atoms with E-state index in [4.69, 9.17) is 9.15 Å². The number of rotatable bonds is 4. The molecule has 0 aliphatic heterocycles. The Morgan fingerprint density at radius 2 is 1.54 bits per heavy atom. The Bertz CT molecular complexity index is 1190. The summed E-state index contributed by atoms with van der Waals surface area (Å²) in [6.07, 6.45) is 0. The maximum atomic E-state index is 13.1. The molecule has 0 amide bonds. The van der Waals surface area contributed by atoms with Crippen molar-refractivity contribution in [3.8, 4) is 16.9 Å². The van der Waals surface area contributed by atoms with Crippen LogP contribution in [0, 0.1) is 13.8 Å². The molecule has 4 heteroatoms. The van der Waals surface area contributed by atoms with E-state index in [-0.39, 0.29) is 5.43 Å². The van der Waals surface area contributed by atoms with Crippen molar-refractivity contribution in [1.29, 1.82) is 0 Å². The minimum atomic E-state index is -0.0363. The van der Waals surface area contributed by atoms with E-state index in [1.54, 1.807) is 7.11 Å². The number of fused-ring (bicyclic) bond motifs is 1. The predicted molar refractivity (Wildman–Crippen MR) is 114 cm³/mol. The highest BCUT2D eigenvalue weighted by Gasteiger charge is 2.14. The highest BCUT2D eigenvalue weighted by atomic mass is 16.5. The molecule has 4 nitrogen and oxygen atoms in total. The van der Waals surface area contributed by atoms with Gasteiger partial charge in [0.2, 0.25) is 5.43 Å². The Kier molecular flexibility index (Phi) is 4.62. The van der Waals surface area contributed by atoms with Gasteiger partial charge in [-0.05, 0) is 55.8 Å². The maximum absolute atomic E-state index is 13.1. The molecular formula is C24H21NO3. The molecule has 3 aromatic carbocycles. The molecular weight excluding hydrogens is 350 g/mol. The van der Waals surface area contributed by atoms with Crippen LogP contribution >= 0.6 is 0 Å². The van der Waals surface area contributed by atoms with Gasteiger partial charge >= 0.3 is 0 Å². The molecule has 0 saturated heterocycles. The van der Waals surface area contributed by atoms with E-state index in [0.717, 1.165) is 22.7 Å². The lowest BCUT2D eigenvalue weighted by Crippen LogP contribution is -2.07. The third-order valence-electron chi connectivity index (χ3n) is 4.79. The second-order valence-electron chi connectivity index (χ2n) is 6.79. The van der Waals surface area contributed by atoms with Crippen LogP contribution in [0.25, 0.3) is 22.1 Å². The van der Waals surface area contributed by atoms with Crippen LogP contribution in [0.4, 0.5) is 11.4 Å². The Morgan fingerprint density at radius 3 is 2.21 bits per heavy atom. The van der Waals surface area contributed by atoms with Crippen molar-refractivity contribution in [2.75, 3.05) is 12.4 Å². The summed E-state index contributed by atoms with van der Waals surface area (Å²) in [6.45, 7) is 3.87. The molecule has 0 atom stereocenters. The predicted octanol–water partition coefficient (Wildman–Crippen LogP) is 5.83. The van der Waals surface area contributed by atoms with Crippen molar-refractivity contribution >= 4 is 22.3 Å². The number of hydrogen-bond acceptors (Lipinski definition) is 4. The lowest BCUT2D eigenvalue weighted by atomic mass is 10.0. The lowest BCUT2D eigenvalue weighted by Gasteiger charge is -2.10. The standard InChI is InChI=1S/C24H21NO3/c1-15-4-8-18(9-5-15)25-19-10-13-21-22(14-19)28-16(2)23(24(21)26)17-6-11-20(27-3)12-7-17/h4-14,25H,1-3H3. The third-order valence-corrected chi connectivity index (χ3v) is 4.79. The van der Waals surface area contributed by atoms with E-state index in [9.17, 15) is 4.79 Å². The van der Waals surface area contributed by atoms with Crippen LogP contribution in [0.2, 0.25) is 0 Å². The van der Waals surface area contributed by atoms with Gasteiger partial charge in [0.05, 0.1) is 18.1 Å². The first-order valence-corrected chi connectivity index (χ1v) is 9.11. The van der Waals surface area contributed by atoms with Crippen LogP contribution in [-0.4, -0.2) is 7.11 Å². The third kappa shape index (κ3) is 3.37. The van der Waals surface area contributed by atoms with Gasteiger partial charge < -0.3 is 14.5 Å². The fourth-order valence-corrected chi connectivity index (χ4v) is 3.28. The Labute approximate surface area is 163 Å². The molecule has 4 aromatic rings. The number of benzene rings is 3. The van der Waals surface area contributed by atoms with Crippen molar-refractivity contribution in [2.45, 2.75) is 13.8 Å². The monoisotopic (exact) mass is 371 g/mol. The lowest BCUT2D eigenvalue weighted by molar-refractivity contribution is 0.415. The van der Waals surface area contributed by atoms with Crippen LogP contribution in [-0.2, 0) is 0 Å². The number of ether oxygens (including phenoxy) is 1. The molecule has 1 N–H and O–H groups in total. The zero-order valence-corrected chi connectivity index (χ0v) is 16.1. The summed E-state index contributed by atoms with van der Waals surface area (Å²) in [7, 11) is 1.62. The van der Waals surface area contributed by atoms with Crippen molar-refractivity contribution in [3.63, 3.8) is 0 Å². The van der Waals surface area contributed by atoms with E-state index in [1.165, 1.54) is 5.56 Å². The fraction of sp³-hybridized carbons (Fsp3) is 0.125. The molecule has 1 aromatic heterocycles. The van der Waals surface area contributed by atoms with E-state index in [2.05, 4.69) is 24.4 Å². The molecule has 0 unspecified atom stereocenters. The van der Waals surface area contributed by atoms with Crippen LogP contribution in [0.1, 0.15) is 11.3 Å². The van der Waals surface area contributed by atoms with Gasteiger partial charge in [-0.3, -0.25) is 4.79 Å². The van der Waals surface area contributed by atoms with Gasteiger partial charge in [0.15, 0.2) is 0 Å². The molecule has 0 fully saturated rings. The number of anilines is 2. The summed E-state index contributed by atoms with van der Waals surface area (Å²) < 4.78 is 11.2. The summed E-state index contributed by atoms with van der Waals surface area (Å²) in [5, 5.41) is 3.91. The summed E-state index contributed by atoms with van der Waals surface area (Å²) in [5.41, 5.74) is 4.99. The Balaban J connectivity index is 1.75. The topological polar surface area (TPSA) is 51.5 Å². The first kappa shape index (κ1) is 17.9. The number of hydrogen-bond donors (Lipinski definition) is 1. The zero-order valence-electron chi connectivity index (χ0n) is 16.1. The van der Waals surface area contributed by atoms with E-state index < -0.39 is 0 Å². The normalized spacial score (nSPS) is 10.8. The molecule has 28 heavy (non-hydrogen) atoms. The summed E-state index contributed by atoms with van der Waals surface area (Å²) >= 11 is 0. The molecule has 4 rings (SSSR count). The van der Waals surface area contributed by atoms with Gasteiger partial charge in [0.25, 0.3) is 0 Å². The average molecular weight is 371 g/mol. The molecule has 140 valence electrons. The van der Waals surface area contributed by atoms with Crippen molar-refractivity contribution in [3.05, 3.63) is 88.3 Å². The van der Waals surface area contributed by atoms with Crippen molar-refractivity contribution < 1.29 is 9.15 Å². The highest BCUT2D eigenvalue weighted by Crippen LogP contribution is 2.28. The van der Waals surface area contributed by atoms with E-state index in [0.29, 0.717) is 22.3 Å². The smallest absolute Gasteiger partial charge is 0.200 e. The Morgan fingerprint density at radius 1 is 0.857 bits per heavy atom. The SMILES string of the molecule is COc1ccc(-c2c(C)oc3cc(Nc4ccc(C)cc4)ccc3c2=O)cc1. The van der Waals surface area contributed by atoms with Gasteiger partial charge in [-0.1, -0.05) is 29.8 Å². The minimum absolute atomic E-state index is 0.0363. The largest absolute Gasteiger partial charge is 0.497 e. The van der Waals surface area contributed by atoms with Crippen molar-refractivity contribution in [2.24, 2.45) is 0 Å². The summed E-state index contributed by atoms with van der Waals surface area (Å²) in [5.74, 6) is 1.34. The van der Waals surface area contributed by atoms with E-state index in [1.807, 2.05) is 61.5 Å². The molecule has 0 aliphatic carbocycles. The first-order chi connectivity index (χ1) is 13.5. The molecule has 0 radical (unpaired) electrons. The van der Waals surface area contributed by atoms with Crippen molar-refractivity contribution in [1.82, 2.24) is 0 Å². The molecule has 0 aliphatic rings. The van der Waals surface area contributed by atoms with Gasteiger partial charge in [0.1, 0.15) is 17.1 Å². The van der Waals surface area contributed by atoms with Crippen LogP contribution in [0.3, 0.4) is 0 Å². The number of methoxy groups -OCH3 is 1. The quantitative estimate of drug-likeness (QED) is 0.490. The highest BCUT2D eigenvalue weighted by molar-refractivity contribution is 5.86.